The molecule has 2 aromatic carbocycles. The van der Waals surface area contributed by atoms with Crippen molar-refractivity contribution in [1.82, 2.24) is 0 Å². The van der Waals surface area contributed by atoms with Crippen molar-refractivity contribution in [3.63, 3.8) is 0 Å². The highest BCUT2D eigenvalue weighted by molar-refractivity contribution is 5.83. The summed E-state index contributed by atoms with van der Waals surface area (Å²) in [7, 11) is 0. The van der Waals surface area contributed by atoms with E-state index in [0.717, 1.165) is 29.7 Å². The lowest BCUT2D eigenvalue weighted by Crippen LogP contribution is -1.89. The van der Waals surface area contributed by atoms with E-state index in [2.05, 4.69) is 62.9 Å². The van der Waals surface area contributed by atoms with Gasteiger partial charge in [-0.1, -0.05) is 69.0 Å². The molecule has 0 aliphatic heterocycles. The summed E-state index contributed by atoms with van der Waals surface area (Å²) in [6.45, 7) is 8.11. The van der Waals surface area contributed by atoms with E-state index in [-0.39, 0.29) is 0 Å². The maximum Gasteiger partial charge on any atom is 0.0693 e. The number of hydrogen-bond donors (Lipinski definition) is 0. The van der Waals surface area contributed by atoms with Gasteiger partial charge >= 0.3 is 0 Å². The van der Waals surface area contributed by atoms with Crippen molar-refractivity contribution in [3.05, 3.63) is 71.3 Å². The highest BCUT2D eigenvalue weighted by atomic mass is 14.7. The monoisotopic (exact) mass is 263 g/mol. The first-order chi connectivity index (χ1) is 9.78. The summed E-state index contributed by atoms with van der Waals surface area (Å²) in [5, 5.41) is 0. The first kappa shape index (κ1) is 14.3. The van der Waals surface area contributed by atoms with Gasteiger partial charge in [0.05, 0.1) is 5.69 Å². The number of rotatable bonds is 5. The molecular formula is C19H21N. The fraction of sp³-hybridized carbons (Fsp3) is 0.211. The predicted molar refractivity (Wildman–Crippen MR) is 89.0 cm³/mol. The van der Waals surface area contributed by atoms with Gasteiger partial charge in [0.15, 0.2) is 0 Å². The van der Waals surface area contributed by atoms with Crippen LogP contribution in [0.15, 0.2) is 54.0 Å². The Labute approximate surface area is 121 Å². The lowest BCUT2D eigenvalue weighted by molar-refractivity contribution is 1.08. The molecule has 0 spiro atoms. The maximum absolute atomic E-state index is 4.72. The minimum absolute atomic E-state index is 1.01. The first-order valence-electron chi connectivity index (χ1n) is 7.15. The van der Waals surface area contributed by atoms with E-state index in [1.807, 2.05) is 12.3 Å². The Hall–Kier alpha value is -2.15. The zero-order valence-corrected chi connectivity index (χ0v) is 12.3. The van der Waals surface area contributed by atoms with Crippen LogP contribution in [0.4, 0.5) is 5.69 Å². The van der Waals surface area contributed by atoms with Gasteiger partial charge in [0.2, 0.25) is 0 Å². The van der Waals surface area contributed by atoms with Gasteiger partial charge < -0.3 is 0 Å². The van der Waals surface area contributed by atoms with Gasteiger partial charge in [-0.15, -0.1) is 0 Å². The minimum atomic E-state index is 1.01. The molecule has 0 fully saturated rings. The number of benzene rings is 2. The van der Waals surface area contributed by atoms with Crippen LogP contribution in [-0.2, 0) is 12.8 Å². The van der Waals surface area contributed by atoms with Crippen LogP contribution in [0, 0.1) is 0 Å². The molecule has 102 valence electrons. The number of hydrogen-bond acceptors (Lipinski definition) is 1. The van der Waals surface area contributed by atoms with E-state index < -0.39 is 0 Å². The first-order valence-corrected chi connectivity index (χ1v) is 7.15. The Balaban J connectivity index is 2.32. The van der Waals surface area contributed by atoms with Gasteiger partial charge in [-0.2, -0.15) is 0 Å². The standard InChI is InChI=1S/C19H21N/c1-4-15-10-12-16(13-11-15)14-20-19-17(5-2)8-7-9-18(19)6-3/h4,7-14H,1,5-6H2,2-3H3. The number of aliphatic imine (C=N–C) groups is 1. The van der Waals surface area contributed by atoms with Crippen molar-refractivity contribution >= 4 is 18.0 Å². The lowest BCUT2D eigenvalue weighted by atomic mass is 10.0. The second kappa shape index (κ2) is 6.85. The molecular weight excluding hydrogens is 242 g/mol. The second-order valence-electron chi connectivity index (χ2n) is 4.76. The average molecular weight is 263 g/mol. The molecule has 0 saturated carbocycles. The Morgan fingerprint density at radius 1 is 0.900 bits per heavy atom. The topological polar surface area (TPSA) is 12.4 Å². The van der Waals surface area contributed by atoms with Gasteiger partial charge in [-0.3, -0.25) is 4.99 Å². The summed E-state index contributed by atoms with van der Waals surface area (Å²) in [6.07, 6.45) is 5.81. The molecule has 0 atom stereocenters. The van der Waals surface area contributed by atoms with Crippen molar-refractivity contribution in [2.24, 2.45) is 4.99 Å². The molecule has 0 N–H and O–H groups in total. The fourth-order valence-electron chi connectivity index (χ4n) is 2.24. The van der Waals surface area contributed by atoms with E-state index in [9.17, 15) is 0 Å². The van der Waals surface area contributed by atoms with Crippen molar-refractivity contribution < 1.29 is 0 Å². The predicted octanol–water partition coefficient (Wildman–Crippen LogP) is 5.21. The van der Waals surface area contributed by atoms with Crippen LogP contribution < -0.4 is 0 Å². The van der Waals surface area contributed by atoms with Crippen LogP contribution >= 0.6 is 0 Å². The Bertz CT molecular complexity index is 584. The summed E-state index contributed by atoms with van der Waals surface area (Å²) >= 11 is 0. The largest absolute Gasteiger partial charge is 0.256 e. The molecule has 1 heteroatoms. The molecule has 0 unspecified atom stereocenters. The van der Waals surface area contributed by atoms with E-state index in [4.69, 9.17) is 4.99 Å². The number of nitrogens with zero attached hydrogens (tertiary/aromatic N) is 1. The third-order valence-corrected chi connectivity index (χ3v) is 3.48. The maximum atomic E-state index is 4.72. The highest BCUT2D eigenvalue weighted by Gasteiger charge is 2.03. The molecule has 0 saturated heterocycles. The van der Waals surface area contributed by atoms with Crippen LogP contribution in [0.1, 0.15) is 36.1 Å². The Morgan fingerprint density at radius 2 is 1.45 bits per heavy atom. The molecule has 0 aliphatic carbocycles. The van der Waals surface area contributed by atoms with Crippen LogP contribution in [0.25, 0.3) is 6.08 Å². The third kappa shape index (κ3) is 3.24. The summed E-state index contributed by atoms with van der Waals surface area (Å²) in [5.41, 5.74) is 5.99. The fourth-order valence-corrected chi connectivity index (χ4v) is 2.24. The van der Waals surface area contributed by atoms with E-state index in [0.29, 0.717) is 0 Å². The van der Waals surface area contributed by atoms with Crippen molar-refractivity contribution in [2.45, 2.75) is 26.7 Å². The Kier molecular flexibility index (Phi) is 4.89. The molecule has 2 aromatic rings. The van der Waals surface area contributed by atoms with Crippen molar-refractivity contribution in [3.8, 4) is 0 Å². The van der Waals surface area contributed by atoms with Gasteiger partial charge in [0.25, 0.3) is 0 Å². The molecule has 20 heavy (non-hydrogen) atoms. The quantitative estimate of drug-likeness (QED) is 0.657. The van der Waals surface area contributed by atoms with Crippen LogP contribution in [0.3, 0.4) is 0 Å². The Morgan fingerprint density at radius 3 is 1.95 bits per heavy atom. The zero-order chi connectivity index (χ0) is 14.4. The highest BCUT2D eigenvalue weighted by Crippen LogP contribution is 2.25. The van der Waals surface area contributed by atoms with Crippen LogP contribution in [0.5, 0.6) is 0 Å². The van der Waals surface area contributed by atoms with Crippen LogP contribution in [0.2, 0.25) is 0 Å². The molecule has 0 heterocycles. The summed E-state index contributed by atoms with van der Waals surface area (Å²) in [4.78, 5) is 4.72. The molecule has 0 radical (unpaired) electrons. The van der Waals surface area contributed by atoms with E-state index in [1.54, 1.807) is 0 Å². The number of aryl methyl sites for hydroxylation is 2. The zero-order valence-electron chi connectivity index (χ0n) is 12.3. The summed E-state index contributed by atoms with van der Waals surface area (Å²) in [6, 6.07) is 14.7. The van der Waals surface area contributed by atoms with Gasteiger partial charge in [0.1, 0.15) is 0 Å². The number of para-hydroxylation sites is 1. The normalized spacial score (nSPS) is 10.9. The van der Waals surface area contributed by atoms with Gasteiger partial charge in [0, 0.05) is 6.21 Å². The lowest BCUT2D eigenvalue weighted by Gasteiger charge is -2.08. The molecule has 0 bridgehead atoms. The minimum Gasteiger partial charge on any atom is -0.256 e. The molecule has 0 aromatic heterocycles. The van der Waals surface area contributed by atoms with Crippen molar-refractivity contribution in [1.29, 1.82) is 0 Å². The molecule has 0 amide bonds. The van der Waals surface area contributed by atoms with Gasteiger partial charge in [-0.05, 0) is 35.1 Å². The summed E-state index contributed by atoms with van der Waals surface area (Å²) in [5.74, 6) is 0. The van der Waals surface area contributed by atoms with E-state index >= 15 is 0 Å². The van der Waals surface area contributed by atoms with Gasteiger partial charge in [-0.25, -0.2) is 0 Å². The molecule has 1 nitrogen and oxygen atoms in total. The van der Waals surface area contributed by atoms with E-state index in [1.165, 1.54) is 11.1 Å². The second-order valence-corrected chi connectivity index (χ2v) is 4.76. The summed E-state index contributed by atoms with van der Waals surface area (Å²) < 4.78 is 0. The van der Waals surface area contributed by atoms with Crippen molar-refractivity contribution in [2.75, 3.05) is 0 Å². The third-order valence-electron chi connectivity index (χ3n) is 3.48. The molecule has 0 aliphatic rings. The average Bonchev–Trinajstić information content (AvgIpc) is 2.52. The smallest absolute Gasteiger partial charge is 0.0693 e. The SMILES string of the molecule is C=Cc1ccc(C=Nc2c(CC)cccc2CC)cc1. The van der Waals surface area contributed by atoms with Crippen LogP contribution in [-0.4, -0.2) is 6.21 Å². The molecule has 2 rings (SSSR count).